The molecule has 2 rings (SSSR count). The minimum absolute atomic E-state index is 0.0470. The van der Waals surface area contributed by atoms with Gasteiger partial charge in [0.2, 0.25) is 5.28 Å². The highest BCUT2D eigenvalue weighted by Gasteiger charge is 2.08. The second kappa shape index (κ2) is 5.04. The lowest BCUT2D eigenvalue weighted by atomic mass is 10.3. The highest BCUT2D eigenvalue weighted by Crippen LogP contribution is 2.28. The fraction of sp³-hybridized carbons (Fsp3) is 0. The predicted molar refractivity (Wildman–Crippen MR) is 66.7 cm³/mol. The summed E-state index contributed by atoms with van der Waals surface area (Å²) in [5, 5.41) is 3.49. The van der Waals surface area contributed by atoms with Crippen LogP contribution >= 0.6 is 34.8 Å². The smallest absolute Gasteiger partial charge is 0.224 e. The van der Waals surface area contributed by atoms with E-state index in [9.17, 15) is 4.39 Å². The Kier molecular flexibility index (Phi) is 3.66. The lowest BCUT2D eigenvalue weighted by molar-refractivity contribution is 0.619. The zero-order chi connectivity index (χ0) is 12.4. The van der Waals surface area contributed by atoms with E-state index >= 15 is 0 Å². The Bertz CT molecular complexity index is 562. The first-order valence-corrected chi connectivity index (χ1v) is 5.60. The van der Waals surface area contributed by atoms with E-state index in [0.717, 1.165) is 6.20 Å². The highest BCUT2D eigenvalue weighted by molar-refractivity contribution is 6.36. The van der Waals surface area contributed by atoms with Crippen molar-refractivity contribution in [1.29, 1.82) is 0 Å². The van der Waals surface area contributed by atoms with Gasteiger partial charge in [-0.15, -0.1) is 0 Å². The number of hydrogen-bond donors (Lipinski definition) is 1. The Morgan fingerprint density at radius 1 is 1.18 bits per heavy atom. The minimum Gasteiger partial charge on any atom is -0.336 e. The normalized spacial score (nSPS) is 10.4. The number of nitrogens with one attached hydrogen (secondary N) is 1. The summed E-state index contributed by atoms with van der Waals surface area (Å²) in [6.45, 7) is 0. The Hall–Kier alpha value is -1.10. The van der Waals surface area contributed by atoms with E-state index in [4.69, 9.17) is 34.8 Å². The summed E-state index contributed by atoms with van der Waals surface area (Å²) >= 11 is 17.2. The van der Waals surface area contributed by atoms with E-state index in [2.05, 4.69) is 15.3 Å². The fourth-order valence-corrected chi connectivity index (χ4v) is 1.74. The summed E-state index contributed by atoms with van der Waals surface area (Å²) < 4.78 is 13.4. The quantitative estimate of drug-likeness (QED) is 0.838. The van der Waals surface area contributed by atoms with Crippen molar-refractivity contribution in [2.75, 3.05) is 5.32 Å². The third-order valence-corrected chi connectivity index (χ3v) is 2.63. The standard InChI is InChI=1S/C10H5Cl3FN3/c11-5-1-2-8(6(12)3-5)16-9-7(14)4-15-10(13)17-9/h1-4H,(H,15,16,17). The molecule has 0 fully saturated rings. The largest absolute Gasteiger partial charge is 0.336 e. The van der Waals surface area contributed by atoms with Crippen molar-refractivity contribution in [3.8, 4) is 0 Å². The molecule has 17 heavy (non-hydrogen) atoms. The van der Waals surface area contributed by atoms with Crippen LogP contribution in [0.2, 0.25) is 15.3 Å². The molecule has 2 aromatic rings. The second-order valence-electron chi connectivity index (χ2n) is 3.08. The average molecular weight is 293 g/mol. The molecule has 0 saturated carbocycles. The molecule has 0 aliphatic heterocycles. The van der Waals surface area contributed by atoms with E-state index in [1.54, 1.807) is 12.1 Å². The van der Waals surface area contributed by atoms with Crippen LogP contribution in [0.5, 0.6) is 0 Å². The molecule has 3 nitrogen and oxygen atoms in total. The Labute approximate surface area is 112 Å². The summed E-state index contributed by atoms with van der Waals surface area (Å²) in [5.74, 6) is -0.672. The molecule has 0 aliphatic rings. The van der Waals surface area contributed by atoms with E-state index in [-0.39, 0.29) is 11.1 Å². The van der Waals surface area contributed by atoms with Crippen molar-refractivity contribution in [3.05, 3.63) is 45.5 Å². The second-order valence-corrected chi connectivity index (χ2v) is 4.27. The summed E-state index contributed by atoms with van der Waals surface area (Å²) in [4.78, 5) is 7.21. The van der Waals surface area contributed by atoms with Crippen LogP contribution in [0.15, 0.2) is 24.4 Å². The van der Waals surface area contributed by atoms with Gasteiger partial charge in [-0.25, -0.2) is 9.37 Å². The molecule has 0 saturated heterocycles. The molecular formula is C10H5Cl3FN3. The SMILES string of the molecule is Fc1cnc(Cl)nc1Nc1ccc(Cl)cc1Cl. The zero-order valence-electron chi connectivity index (χ0n) is 8.22. The first-order chi connectivity index (χ1) is 8.06. The molecule has 0 radical (unpaired) electrons. The summed E-state index contributed by atoms with van der Waals surface area (Å²) in [6, 6.07) is 4.77. The van der Waals surface area contributed by atoms with Gasteiger partial charge in [-0.05, 0) is 29.8 Å². The molecule has 0 unspecified atom stereocenters. The maximum Gasteiger partial charge on any atom is 0.224 e. The molecule has 0 bridgehead atoms. The van der Waals surface area contributed by atoms with E-state index < -0.39 is 5.82 Å². The van der Waals surface area contributed by atoms with E-state index in [0.29, 0.717) is 15.7 Å². The van der Waals surface area contributed by atoms with Crippen LogP contribution in [0.3, 0.4) is 0 Å². The number of halogens is 4. The molecule has 0 atom stereocenters. The van der Waals surface area contributed by atoms with Gasteiger partial charge in [0.15, 0.2) is 11.6 Å². The van der Waals surface area contributed by atoms with Crippen LogP contribution in [0.1, 0.15) is 0 Å². The monoisotopic (exact) mass is 291 g/mol. The average Bonchev–Trinajstić information content (AvgIpc) is 2.27. The Morgan fingerprint density at radius 3 is 2.65 bits per heavy atom. The lowest BCUT2D eigenvalue weighted by Gasteiger charge is -2.08. The van der Waals surface area contributed by atoms with Gasteiger partial charge in [0.25, 0.3) is 0 Å². The predicted octanol–water partition coefficient (Wildman–Crippen LogP) is 4.32. The van der Waals surface area contributed by atoms with E-state index in [1.165, 1.54) is 6.07 Å². The summed E-state index contributed by atoms with van der Waals surface area (Å²) in [5.41, 5.74) is 0.477. The number of rotatable bonds is 2. The van der Waals surface area contributed by atoms with Gasteiger partial charge in [-0.2, -0.15) is 4.98 Å². The molecule has 1 aromatic heterocycles. The van der Waals surface area contributed by atoms with Crippen LogP contribution in [-0.2, 0) is 0 Å². The number of anilines is 2. The molecule has 88 valence electrons. The summed E-state index contributed by atoms with van der Waals surface area (Å²) in [7, 11) is 0. The van der Waals surface area contributed by atoms with Gasteiger partial charge < -0.3 is 5.32 Å². The molecule has 1 heterocycles. The molecular weight excluding hydrogens is 287 g/mol. The third-order valence-electron chi connectivity index (χ3n) is 1.90. The van der Waals surface area contributed by atoms with Crippen LogP contribution < -0.4 is 5.32 Å². The molecule has 0 spiro atoms. The molecule has 1 N–H and O–H groups in total. The van der Waals surface area contributed by atoms with Crippen LogP contribution in [0, 0.1) is 5.82 Å². The van der Waals surface area contributed by atoms with Crippen molar-refractivity contribution in [2.24, 2.45) is 0 Å². The number of nitrogens with zero attached hydrogens (tertiary/aromatic N) is 2. The van der Waals surface area contributed by atoms with Crippen molar-refractivity contribution < 1.29 is 4.39 Å². The molecule has 0 aliphatic carbocycles. The molecule has 0 amide bonds. The third kappa shape index (κ3) is 2.97. The van der Waals surface area contributed by atoms with Gasteiger partial charge in [0.1, 0.15) is 0 Å². The van der Waals surface area contributed by atoms with Crippen molar-refractivity contribution in [2.45, 2.75) is 0 Å². The van der Waals surface area contributed by atoms with Crippen LogP contribution in [-0.4, -0.2) is 9.97 Å². The van der Waals surface area contributed by atoms with Gasteiger partial charge in [0.05, 0.1) is 16.9 Å². The van der Waals surface area contributed by atoms with E-state index in [1.807, 2.05) is 0 Å². The number of benzene rings is 1. The van der Waals surface area contributed by atoms with Crippen LogP contribution in [0.25, 0.3) is 0 Å². The van der Waals surface area contributed by atoms with Gasteiger partial charge >= 0.3 is 0 Å². The van der Waals surface area contributed by atoms with Gasteiger partial charge in [0, 0.05) is 5.02 Å². The lowest BCUT2D eigenvalue weighted by Crippen LogP contribution is -1.99. The first-order valence-electron chi connectivity index (χ1n) is 4.46. The molecule has 1 aromatic carbocycles. The first kappa shape index (κ1) is 12.4. The van der Waals surface area contributed by atoms with Gasteiger partial charge in [-0.1, -0.05) is 23.2 Å². The van der Waals surface area contributed by atoms with Crippen molar-refractivity contribution in [1.82, 2.24) is 9.97 Å². The van der Waals surface area contributed by atoms with Crippen LogP contribution in [0.4, 0.5) is 15.9 Å². The topological polar surface area (TPSA) is 37.8 Å². The zero-order valence-corrected chi connectivity index (χ0v) is 10.5. The van der Waals surface area contributed by atoms with Gasteiger partial charge in [-0.3, -0.25) is 0 Å². The fourth-order valence-electron chi connectivity index (χ4n) is 1.15. The highest BCUT2D eigenvalue weighted by atomic mass is 35.5. The van der Waals surface area contributed by atoms with Crippen molar-refractivity contribution in [3.63, 3.8) is 0 Å². The Morgan fingerprint density at radius 2 is 1.94 bits per heavy atom. The number of aromatic nitrogens is 2. The summed E-state index contributed by atoms with van der Waals surface area (Å²) in [6.07, 6.45) is 0.974. The maximum absolute atomic E-state index is 13.4. The number of hydrogen-bond acceptors (Lipinski definition) is 3. The van der Waals surface area contributed by atoms with Crippen molar-refractivity contribution >= 4 is 46.3 Å². The minimum atomic E-state index is -0.625. The molecule has 7 heteroatoms. The maximum atomic E-state index is 13.4. The Balaban J connectivity index is 2.34.